The average molecular weight is 396 g/mol. The van der Waals surface area contributed by atoms with E-state index >= 15 is 0 Å². The smallest absolute Gasteiger partial charge is 0.191 e. The summed E-state index contributed by atoms with van der Waals surface area (Å²) in [5, 5.41) is 6.94. The Morgan fingerprint density at radius 2 is 2.03 bits per heavy atom. The largest absolute Gasteiger partial charge is 0.469 e. The number of guanidine groups is 1. The number of aliphatic imine (C=N–C) groups is 1. The Balaban J connectivity index is 1.58. The van der Waals surface area contributed by atoms with Gasteiger partial charge in [-0.2, -0.15) is 0 Å². The first kappa shape index (κ1) is 21.2. The molecule has 0 bridgehead atoms. The van der Waals surface area contributed by atoms with E-state index in [0.29, 0.717) is 12.5 Å². The number of benzene rings is 1. The molecule has 1 aromatic heterocycles. The second-order valence-electron chi connectivity index (χ2n) is 7.86. The number of hydrogen-bond donors (Lipinski definition) is 2. The van der Waals surface area contributed by atoms with Crippen molar-refractivity contribution in [2.75, 3.05) is 26.2 Å². The normalized spacial score (nSPS) is 19.7. The molecule has 3 rings (SSSR count). The zero-order chi connectivity index (χ0) is 20.5. The van der Waals surface area contributed by atoms with Gasteiger partial charge in [-0.3, -0.25) is 0 Å². The van der Waals surface area contributed by atoms with Crippen LogP contribution in [-0.2, 0) is 11.2 Å². The van der Waals surface area contributed by atoms with Gasteiger partial charge in [-0.15, -0.1) is 0 Å². The second kappa shape index (κ2) is 10.9. The lowest BCUT2D eigenvalue weighted by Crippen LogP contribution is -2.42. The molecule has 0 radical (unpaired) electrons. The van der Waals surface area contributed by atoms with Crippen molar-refractivity contribution in [3.8, 4) is 0 Å². The molecule has 5 heteroatoms. The predicted molar refractivity (Wildman–Crippen MR) is 118 cm³/mol. The van der Waals surface area contributed by atoms with Gasteiger partial charge in [0.15, 0.2) is 5.96 Å². The first-order chi connectivity index (χ1) is 14.1. The van der Waals surface area contributed by atoms with Crippen LogP contribution in [0.3, 0.4) is 0 Å². The lowest BCUT2D eigenvalue weighted by atomic mass is 9.89. The van der Waals surface area contributed by atoms with Crippen molar-refractivity contribution in [2.45, 2.75) is 39.2 Å². The second-order valence-corrected chi connectivity index (χ2v) is 7.86. The van der Waals surface area contributed by atoms with Crippen LogP contribution in [0.25, 0.3) is 0 Å². The van der Waals surface area contributed by atoms with E-state index in [9.17, 15) is 0 Å². The molecule has 0 saturated carbocycles. The van der Waals surface area contributed by atoms with Gasteiger partial charge < -0.3 is 19.8 Å². The Hall–Kier alpha value is -2.53. The van der Waals surface area contributed by atoms with E-state index in [4.69, 9.17) is 9.15 Å². The minimum atomic E-state index is 0.127. The van der Waals surface area contributed by atoms with Gasteiger partial charge in [0.2, 0.25) is 0 Å². The van der Waals surface area contributed by atoms with Gasteiger partial charge in [-0.1, -0.05) is 42.0 Å². The summed E-state index contributed by atoms with van der Waals surface area (Å²) in [5.74, 6) is 2.19. The molecular weight excluding hydrogens is 362 g/mol. The van der Waals surface area contributed by atoms with Crippen LogP contribution < -0.4 is 10.6 Å². The summed E-state index contributed by atoms with van der Waals surface area (Å²) >= 11 is 0. The molecule has 1 aliphatic heterocycles. The molecule has 29 heavy (non-hydrogen) atoms. The lowest BCUT2D eigenvalue weighted by Gasteiger charge is -2.32. The number of nitrogens with zero attached hydrogens (tertiary/aromatic N) is 1. The number of nitrogens with one attached hydrogen (secondary N) is 2. The number of aryl methyl sites for hydroxylation is 1. The average Bonchev–Trinajstić information content (AvgIpc) is 3.24. The maximum absolute atomic E-state index is 6.15. The molecule has 1 aliphatic rings. The molecule has 1 fully saturated rings. The topological polar surface area (TPSA) is 58.8 Å². The molecule has 2 N–H and O–H groups in total. The fourth-order valence-electron chi connectivity index (χ4n) is 3.55. The molecule has 5 nitrogen and oxygen atoms in total. The SMILES string of the molecule is C=C(C)CN=C(NCCc1ccco1)NCC1CCCOC1c1ccc(C)cc1. The van der Waals surface area contributed by atoms with Crippen LogP contribution >= 0.6 is 0 Å². The van der Waals surface area contributed by atoms with Crippen LogP contribution in [0.15, 0.2) is 64.2 Å². The van der Waals surface area contributed by atoms with E-state index in [-0.39, 0.29) is 6.10 Å². The van der Waals surface area contributed by atoms with Crippen LogP contribution in [0.4, 0.5) is 0 Å². The van der Waals surface area contributed by atoms with Gasteiger partial charge >= 0.3 is 0 Å². The third-order valence-electron chi connectivity index (χ3n) is 5.13. The van der Waals surface area contributed by atoms with Crippen molar-refractivity contribution in [2.24, 2.45) is 10.9 Å². The number of ether oxygens (including phenoxy) is 1. The van der Waals surface area contributed by atoms with Crippen LogP contribution in [0.1, 0.15) is 42.8 Å². The molecule has 2 heterocycles. The van der Waals surface area contributed by atoms with Crippen LogP contribution in [-0.4, -0.2) is 32.2 Å². The highest BCUT2D eigenvalue weighted by Gasteiger charge is 2.27. The van der Waals surface area contributed by atoms with E-state index in [1.807, 2.05) is 19.1 Å². The van der Waals surface area contributed by atoms with Crippen molar-refractivity contribution in [1.29, 1.82) is 0 Å². The Morgan fingerprint density at radius 3 is 2.76 bits per heavy atom. The number of furan rings is 1. The van der Waals surface area contributed by atoms with Crippen LogP contribution in [0.5, 0.6) is 0 Å². The summed E-state index contributed by atoms with van der Waals surface area (Å²) < 4.78 is 11.6. The van der Waals surface area contributed by atoms with Gasteiger partial charge in [0, 0.05) is 32.0 Å². The summed E-state index contributed by atoms with van der Waals surface area (Å²) in [6.45, 7) is 11.1. The quantitative estimate of drug-likeness (QED) is 0.395. The van der Waals surface area contributed by atoms with Crippen molar-refractivity contribution < 1.29 is 9.15 Å². The van der Waals surface area contributed by atoms with Gasteiger partial charge in [-0.05, 0) is 44.4 Å². The third kappa shape index (κ3) is 6.79. The van der Waals surface area contributed by atoms with E-state index in [2.05, 4.69) is 53.4 Å². The minimum Gasteiger partial charge on any atom is -0.469 e. The summed E-state index contributed by atoms with van der Waals surface area (Å²) in [4.78, 5) is 4.66. The van der Waals surface area contributed by atoms with Crippen LogP contribution in [0.2, 0.25) is 0 Å². The fourth-order valence-corrected chi connectivity index (χ4v) is 3.55. The standard InChI is InChI=1S/C24H33N3O2/c1-18(2)16-26-24(25-13-12-22-7-5-14-28-22)27-17-21-6-4-15-29-23(21)20-10-8-19(3)9-11-20/h5,7-11,14,21,23H,1,4,6,12-13,15-17H2,2-3H3,(H2,25,26,27). The Bertz CT molecular complexity index is 781. The summed E-state index contributed by atoms with van der Waals surface area (Å²) in [5.41, 5.74) is 3.57. The molecule has 1 aromatic carbocycles. The molecule has 1 saturated heterocycles. The Kier molecular flexibility index (Phi) is 7.94. The van der Waals surface area contributed by atoms with E-state index in [1.54, 1.807) is 6.26 Å². The van der Waals surface area contributed by atoms with E-state index in [0.717, 1.165) is 56.3 Å². The first-order valence-electron chi connectivity index (χ1n) is 10.5. The zero-order valence-corrected chi connectivity index (χ0v) is 17.6. The van der Waals surface area contributed by atoms with Gasteiger partial charge in [0.1, 0.15) is 5.76 Å². The van der Waals surface area contributed by atoms with Gasteiger partial charge in [0.05, 0.1) is 18.9 Å². The summed E-state index contributed by atoms with van der Waals surface area (Å²) in [7, 11) is 0. The third-order valence-corrected chi connectivity index (χ3v) is 5.13. The van der Waals surface area contributed by atoms with E-state index in [1.165, 1.54) is 11.1 Å². The van der Waals surface area contributed by atoms with E-state index < -0.39 is 0 Å². The lowest BCUT2D eigenvalue weighted by molar-refractivity contribution is -0.0265. The Labute approximate surface area is 174 Å². The molecule has 0 amide bonds. The Morgan fingerprint density at radius 1 is 1.21 bits per heavy atom. The number of rotatable bonds is 8. The van der Waals surface area contributed by atoms with Crippen molar-refractivity contribution in [3.05, 3.63) is 71.7 Å². The van der Waals surface area contributed by atoms with Crippen molar-refractivity contribution >= 4 is 5.96 Å². The van der Waals surface area contributed by atoms with Crippen molar-refractivity contribution in [1.82, 2.24) is 10.6 Å². The zero-order valence-electron chi connectivity index (χ0n) is 17.6. The molecule has 156 valence electrons. The first-order valence-corrected chi connectivity index (χ1v) is 10.5. The fraction of sp³-hybridized carbons (Fsp3) is 0.458. The summed E-state index contributed by atoms with van der Waals surface area (Å²) in [6.07, 6.45) is 4.89. The molecule has 2 unspecified atom stereocenters. The minimum absolute atomic E-state index is 0.127. The molecule has 2 aromatic rings. The highest BCUT2D eigenvalue weighted by molar-refractivity contribution is 5.79. The predicted octanol–water partition coefficient (Wildman–Crippen LogP) is 4.41. The van der Waals surface area contributed by atoms with Crippen molar-refractivity contribution in [3.63, 3.8) is 0 Å². The highest BCUT2D eigenvalue weighted by atomic mass is 16.5. The summed E-state index contributed by atoms with van der Waals surface area (Å²) in [6, 6.07) is 12.6. The molecule has 2 atom stereocenters. The van der Waals surface area contributed by atoms with Crippen LogP contribution in [0, 0.1) is 12.8 Å². The van der Waals surface area contributed by atoms with Gasteiger partial charge in [0.25, 0.3) is 0 Å². The number of hydrogen-bond acceptors (Lipinski definition) is 3. The molecule has 0 spiro atoms. The van der Waals surface area contributed by atoms with Gasteiger partial charge in [-0.25, -0.2) is 4.99 Å². The monoisotopic (exact) mass is 395 g/mol. The molecule has 0 aliphatic carbocycles. The highest BCUT2D eigenvalue weighted by Crippen LogP contribution is 2.33. The molecular formula is C24H33N3O2. The maximum Gasteiger partial charge on any atom is 0.191 e. The maximum atomic E-state index is 6.15.